The van der Waals surface area contributed by atoms with Gasteiger partial charge >= 0.3 is 0 Å². The highest BCUT2D eigenvalue weighted by Gasteiger charge is 2.41. The molecule has 0 spiro atoms. The van der Waals surface area contributed by atoms with Gasteiger partial charge in [-0.3, -0.25) is 0 Å². The Hall–Kier alpha value is -2.76. The third kappa shape index (κ3) is 2.48. The van der Waals surface area contributed by atoms with E-state index in [1.165, 1.54) is 6.07 Å². The Morgan fingerprint density at radius 3 is 2.12 bits per heavy atom. The van der Waals surface area contributed by atoms with E-state index in [0.717, 1.165) is 48.7 Å². The van der Waals surface area contributed by atoms with Gasteiger partial charge in [0.15, 0.2) is 17.5 Å². The Kier molecular flexibility index (Phi) is 3.51. The van der Waals surface area contributed by atoms with E-state index < -0.39 is 0 Å². The molecular weight excluding hydrogens is 329 g/mol. The third-order valence-corrected chi connectivity index (χ3v) is 5.54. The molecule has 0 N–H and O–H groups in total. The van der Waals surface area contributed by atoms with Crippen molar-refractivity contribution in [2.45, 2.75) is 6.92 Å². The van der Waals surface area contributed by atoms with Gasteiger partial charge in [-0.25, -0.2) is 19.3 Å². The zero-order valence-electron chi connectivity index (χ0n) is 14.6. The number of anilines is 2. The predicted molar refractivity (Wildman–Crippen MR) is 99.9 cm³/mol. The fourth-order valence-corrected chi connectivity index (χ4v) is 4.33. The fraction of sp³-hybridized carbons (Fsp3) is 0.350. The van der Waals surface area contributed by atoms with Crippen LogP contribution in [0.1, 0.15) is 5.69 Å². The van der Waals surface area contributed by atoms with Gasteiger partial charge < -0.3 is 9.80 Å². The second kappa shape index (κ2) is 5.90. The van der Waals surface area contributed by atoms with Crippen molar-refractivity contribution in [3.8, 4) is 0 Å². The third-order valence-electron chi connectivity index (χ3n) is 5.54. The minimum absolute atomic E-state index is 0.236. The molecule has 2 atom stereocenters. The van der Waals surface area contributed by atoms with Crippen LogP contribution in [-0.2, 0) is 0 Å². The number of halogens is 1. The van der Waals surface area contributed by atoms with Crippen molar-refractivity contribution >= 4 is 22.7 Å². The lowest BCUT2D eigenvalue weighted by molar-refractivity contribution is 0.533. The van der Waals surface area contributed by atoms with E-state index in [0.29, 0.717) is 17.7 Å². The van der Waals surface area contributed by atoms with Crippen LogP contribution in [0.3, 0.4) is 0 Å². The Bertz CT molecular complexity index is 961. The minimum atomic E-state index is -0.236. The Labute approximate surface area is 151 Å². The number of benzene rings is 1. The molecule has 0 saturated carbocycles. The molecule has 0 radical (unpaired) electrons. The maximum atomic E-state index is 14.0. The molecule has 0 aliphatic carbocycles. The Balaban J connectivity index is 1.37. The van der Waals surface area contributed by atoms with E-state index in [4.69, 9.17) is 9.97 Å². The molecular formula is C20H20FN5. The van der Waals surface area contributed by atoms with E-state index in [-0.39, 0.29) is 5.82 Å². The van der Waals surface area contributed by atoms with Gasteiger partial charge in [-0.15, -0.1) is 0 Å². The summed E-state index contributed by atoms with van der Waals surface area (Å²) in [5, 5.41) is 0. The van der Waals surface area contributed by atoms with Gasteiger partial charge in [-0.1, -0.05) is 12.1 Å². The van der Waals surface area contributed by atoms with Crippen LogP contribution in [0.5, 0.6) is 0 Å². The van der Waals surface area contributed by atoms with Crippen LogP contribution in [0.25, 0.3) is 11.0 Å². The molecule has 0 amide bonds. The largest absolute Gasteiger partial charge is 0.354 e. The van der Waals surface area contributed by atoms with E-state index in [1.54, 1.807) is 12.3 Å². The summed E-state index contributed by atoms with van der Waals surface area (Å²) in [6.45, 7) is 5.58. The number of pyridine rings is 1. The molecule has 2 aromatic heterocycles. The summed E-state index contributed by atoms with van der Waals surface area (Å²) in [5.74, 6) is 2.23. The summed E-state index contributed by atoms with van der Waals surface area (Å²) < 4.78 is 14.0. The lowest BCUT2D eigenvalue weighted by Crippen LogP contribution is -2.30. The van der Waals surface area contributed by atoms with Crippen molar-refractivity contribution in [1.29, 1.82) is 0 Å². The number of hydrogen-bond donors (Lipinski definition) is 0. The number of para-hydroxylation sites is 2. The molecule has 2 saturated heterocycles. The molecule has 5 rings (SSSR count). The van der Waals surface area contributed by atoms with Crippen LogP contribution >= 0.6 is 0 Å². The monoisotopic (exact) mass is 349 g/mol. The molecule has 3 aromatic rings. The fourth-order valence-electron chi connectivity index (χ4n) is 4.33. The lowest BCUT2D eigenvalue weighted by Gasteiger charge is -2.24. The predicted octanol–water partition coefficient (Wildman–Crippen LogP) is 3.04. The van der Waals surface area contributed by atoms with E-state index in [1.807, 2.05) is 31.2 Å². The maximum absolute atomic E-state index is 14.0. The van der Waals surface area contributed by atoms with Crippen molar-refractivity contribution in [1.82, 2.24) is 15.0 Å². The number of nitrogens with zero attached hydrogens (tertiary/aromatic N) is 5. The zero-order valence-corrected chi connectivity index (χ0v) is 14.6. The second-order valence-corrected chi connectivity index (χ2v) is 7.26. The van der Waals surface area contributed by atoms with Gasteiger partial charge in [-0.05, 0) is 31.2 Å². The first-order chi connectivity index (χ1) is 12.7. The molecule has 0 bridgehead atoms. The van der Waals surface area contributed by atoms with Gasteiger partial charge in [0.2, 0.25) is 0 Å². The zero-order chi connectivity index (χ0) is 17.7. The van der Waals surface area contributed by atoms with E-state index in [2.05, 4.69) is 14.8 Å². The molecule has 132 valence electrons. The molecule has 2 fully saturated rings. The van der Waals surface area contributed by atoms with Gasteiger partial charge in [0, 0.05) is 44.2 Å². The Morgan fingerprint density at radius 1 is 0.846 bits per heavy atom. The highest BCUT2D eigenvalue weighted by Crippen LogP contribution is 2.36. The number of rotatable bonds is 2. The highest BCUT2D eigenvalue weighted by molar-refractivity contribution is 5.76. The normalized spacial score (nSPS) is 22.2. The summed E-state index contributed by atoms with van der Waals surface area (Å²) in [7, 11) is 0. The van der Waals surface area contributed by atoms with Crippen molar-refractivity contribution in [2.24, 2.45) is 11.8 Å². The molecule has 2 aliphatic rings. The van der Waals surface area contributed by atoms with E-state index >= 15 is 0 Å². The van der Waals surface area contributed by atoms with Gasteiger partial charge in [0.05, 0.1) is 16.7 Å². The minimum Gasteiger partial charge on any atom is -0.354 e. The highest BCUT2D eigenvalue weighted by atomic mass is 19.1. The second-order valence-electron chi connectivity index (χ2n) is 7.26. The first kappa shape index (κ1) is 15.5. The molecule has 6 heteroatoms. The van der Waals surface area contributed by atoms with Crippen LogP contribution in [-0.4, -0.2) is 41.1 Å². The van der Waals surface area contributed by atoms with Crippen molar-refractivity contribution < 1.29 is 4.39 Å². The van der Waals surface area contributed by atoms with Gasteiger partial charge in [-0.2, -0.15) is 0 Å². The van der Waals surface area contributed by atoms with Crippen LogP contribution in [0.15, 0.2) is 42.6 Å². The van der Waals surface area contributed by atoms with Crippen LogP contribution in [0, 0.1) is 24.6 Å². The molecule has 1 aromatic carbocycles. The first-order valence-electron chi connectivity index (χ1n) is 9.03. The number of fused-ring (bicyclic) bond motifs is 2. The average molecular weight is 349 g/mol. The van der Waals surface area contributed by atoms with Crippen LogP contribution in [0.4, 0.5) is 16.0 Å². The summed E-state index contributed by atoms with van der Waals surface area (Å²) in [6.07, 6.45) is 1.66. The SMILES string of the molecule is Cc1nc2ccccc2nc1N1CC2CN(c3ncccc3F)CC2C1. The van der Waals surface area contributed by atoms with Gasteiger partial charge in [0.25, 0.3) is 0 Å². The van der Waals surface area contributed by atoms with Crippen molar-refractivity contribution in [2.75, 3.05) is 36.0 Å². The molecule has 2 aliphatic heterocycles. The molecule has 5 nitrogen and oxygen atoms in total. The smallest absolute Gasteiger partial charge is 0.165 e. The Morgan fingerprint density at radius 2 is 1.46 bits per heavy atom. The topological polar surface area (TPSA) is 45.2 Å². The quantitative estimate of drug-likeness (QED) is 0.712. The average Bonchev–Trinajstić information content (AvgIpc) is 3.20. The molecule has 4 heterocycles. The summed E-state index contributed by atoms with van der Waals surface area (Å²) >= 11 is 0. The lowest BCUT2D eigenvalue weighted by atomic mass is 10.0. The summed E-state index contributed by atoms with van der Waals surface area (Å²) in [6, 6.07) is 11.1. The van der Waals surface area contributed by atoms with E-state index in [9.17, 15) is 4.39 Å². The van der Waals surface area contributed by atoms with Gasteiger partial charge in [0.1, 0.15) is 0 Å². The van der Waals surface area contributed by atoms with Crippen molar-refractivity contribution in [3.63, 3.8) is 0 Å². The summed E-state index contributed by atoms with van der Waals surface area (Å²) in [5.41, 5.74) is 2.84. The molecule has 26 heavy (non-hydrogen) atoms. The standard InChI is InChI=1S/C20H20FN5/c1-13-19(24-18-7-3-2-6-17(18)23-13)25-9-14-11-26(12-15(14)10-25)20-16(21)5-4-8-22-20/h2-8,14-15H,9-12H2,1H3. The molecule has 2 unspecified atom stereocenters. The number of aryl methyl sites for hydroxylation is 1. The number of aromatic nitrogens is 3. The maximum Gasteiger partial charge on any atom is 0.165 e. The summed E-state index contributed by atoms with van der Waals surface area (Å²) in [4.78, 5) is 18.2. The van der Waals surface area contributed by atoms with Crippen molar-refractivity contribution in [3.05, 3.63) is 54.1 Å². The number of hydrogen-bond acceptors (Lipinski definition) is 5. The van der Waals surface area contributed by atoms with Crippen LogP contribution in [0.2, 0.25) is 0 Å². The first-order valence-corrected chi connectivity index (χ1v) is 9.03. The van der Waals surface area contributed by atoms with Crippen LogP contribution < -0.4 is 9.80 Å².